The van der Waals surface area contributed by atoms with Crippen LogP contribution in [-0.2, 0) is 0 Å². The van der Waals surface area contributed by atoms with Gasteiger partial charge < -0.3 is 5.32 Å². The van der Waals surface area contributed by atoms with Crippen LogP contribution in [0.15, 0.2) is 48.7 Å². The summed E-state index contributed by atoms with van der Waals surface area (Å²) in [6.07, 6.45) is 5.98. The van der Waals surface area contributed by atoms with Crippen LogP contribution >= 0.6 is 0 Å². The highest BCUT2D eigenvalue weighted by molar-refractivity contribution is 5.49. The summed E-state index contributed by atoms with van der Waals surface area (Å²) in [5.41, 5.74) is 1.20. The van der Waals surface area contributed by atoms with Gasteiger partial charge in [-0.25, -0.2) is 9.97 Å². The van der Waals surface area contributed by atoms with Crippen molar-refractivity contribution in [1.82, 2.24) is 9.97 Å². The minimum atomic E-state index is 0.349. The van der Waals surface area contributed by atoms with Crippen molar-refractivity contribution in [2.45, 2.75) is 19.8 Å². The molecule has 1 heterocycles. The van der Waals surface area contributed by atoms with Crippen LogP contribution in [0.1, 0.15) is 31.2 Å². The van der Waals surface area contributed by atoms with Crippen LogP contribution in [0.3, 0.4) is 0 Å². The van der Waals surface area contributed by atoms with E-state index in [1.807, 2.05) is 24.3 Å². The highest BCUT2D eigenvalue weighted by Gasteiger charge is 2.02. The fourth-order valence-electron chi connectivity index (χ4n) is 1.67. The molecule has 0 atom stereocenters. The highest BCUT2D eigenvalue weighted by atomic mass is 15.0. The minimum absolute atomic E-state index is 0.349. The Hall–Kier alpha value is -2.16. The molecule has 98 valence electrons. The molecule has 0 radical (unpaired) electrons. The first kappa shape index (κ1) is 13.3. The lowest BCUT2D eigenvalue weighted by molar-refractivity contribution is 0.775. The molecule has 0 bridgehead atoms. The Kier molecular flexibility index (Phi) is 4.67. The number of nitrogens with zero attached hydrogens (tertiary/aromatic N) is 2. The Bertz CT molecular complexity index is 533. The minimum Gasteiger partial charge on any atom is -0.366 e. The smallest absolute Gasteiger partial charge is 0.133 e. The Morgan fingerprint density at radius 1 is 1.16 bits per heavy atom. The van der Waals surface area contributed by atoms with E-state index in [4.69, 9.17) is 0 Å². The molecule has 1 aromatic heterocycles. The van der Waals surface area contributed by atoms with Crippen LogP contribution in [0.2, 0.25) is 0 Å². The van der Waals surface area contributed by atoms with Crippen molar-refractivity contribution >= 4 is 11.9 Å². The lowest BCUT2D eigenvalue weighted by Gasteiger charge is -2.06. The van der Waals surface area contributed by atoms with E-state index >= 15 is 0 Å². The molecule has 1 N–H and O–H groups in total. The molecule has 0 fully saturated rings. The zero-order valence-electron chi connectivity index (χ0n) is 11.4. The maximum absolute atomic E-state index is 4.46. The van der Waals surface area contributed by atoms with Gasteiger partial charge in [-0.15, -0.1) is 0 Å². The summed E-state index contributed by atoms with van der Waals surface area (Å²) in [6.45, 7) is 4.94. The highest BCUT2D eigenvalue weighted by Crippen LogP contribution is 2.10. The molecule has 1 aromatic carbocycles. The average molecular weight is 253 g/mol. The lowest BCUT2D eigenvalue weighted by Crippen LogP contribution is -2.04. The Morgan fingerprint density at radius 2 is 1.95 bits per heavy atom. The van der Waals surface area contributed by atoms with Gasteiger partial charge in [-0.1, -0.05) is 56.3 Å². The second-order valence-electron chi connectivity index (χ2n) is 4.65. The summed E-state index contributed by atoms with van der Waals surface area (Å²) in [4.78, 5) is 8.71. The summed E-state index contributed by atoms with van der Waals surface area (Å²) in [6, 6.07) is 12.1. The molecular formula is C16H19N3. The SMILES string of the molecule is CC(C)c1nccc(NC/C=C/c2ccccc2)n1. The molecule has 0 amide bonds. The Balaban J connectivity index is 1.89. The molecular weight excluding hydrogens is 234 g/mol. The van der Waals surface area contributed by atoms with Crippen molar-refractivity contribution in [3.05, 3.63) is 60.1 Å². The van der Waals surface area contributed by atoms with Crippen LogP contribution in [-0.4, -0.2) is 16.5 Å². The third-order valence-corrected chi connectivity index (χ3v) is 2.70. The molecule has 3 heteroatoms. The number of nitrogens with one attached hydrogen (secondary N) is 1. The normalized spacial score (nSPS) is 11.1. The second kappa shape index (κ2) is 6.69. The Morgan fingerprint density at radius 3 is 2.68 bits per heavy atom. The molecule has 0 aliphatic heterocycles. The maximum atomic E-state index is 4.46. The fourth-order valence-corrected chi connectivity index (χ4v) is 1.67. The van der Waals surface area contributed by atoms with Crippen LogP contribution in [0.5, 0.6) is 0 Å². The molecule has 0 aliphatic rings. The van der Waals surface area contributed by atoms with E-state index in [1.165, 1.54) is 5.56 Å². The third-order valence-electron chi connectivity index (χ3n) is 2.70. The number of hydrogen-bond acceptors (Lipinski definition) is 3. The largest absolute Gasteiger partial charge is 0.366 e. The topological polar surface area (TPSA) is 37.8 Å². The lowest BCUT2D eigenvalue weighted by atomic mass is 10.2. The van der Waals surface area contributed by atoms with Crippen molar-refractivity contribution in [2.24, 2.45) is 0 Å². The van der Waals surface area contributed by atoms with Crippen LogP contribution in [0, 0.1) is 0 Å². The maximum Gasteiger partial charge on any atom is 0.133 e. The molecule has 19 heavy (non-hydrogen) atoms. The summed E-state index contributed by atoms with van der Waals surface area (Å²) in [5.74, 6) is 2.09. The summed E-state index contributed by atoms with van der Waals surface area (Å²) < 4.78 is 0. The number of anilines is 1. The molecule has 2 rings (SSSR count). The van der Waals surface area contributed by atoms with E-state index in [0.717, 1.165) is 18.2 Å². The van der Waals surface area contributed by atoms with Crippen molar-refractivity contribution < 1.29 is 0 Å². The summed E-state index contributed by atoms with van der Waals surface area (Å²) in [5, 5.41) is 3.27. The number of hydrogen-bond donors (Lipinski definition) is 1. The van der Waals surface area contributed by atoms with Gasteiger partial charge in [0.15, 0.2) is 0 Å². The van der Waals surface area contributed by atoms with E-state index in [1.54, 1.807) is 6.20 Å². The summed E-state index contributed by atoms with van der Waals surface area (Å²) >= 11 is 0. The van der Waals surface area contributed by atoms with Crippen LogP contribution in [0.25, 0.3) is 6.08 Å². The first-order valence-corrected chi connectivity index (χ1v) is 6.54. The summed E-state index contributed by atoms with van der Waals surface area (Å²) in [7, 11) is 0. The van der Waals surface area contributed by atoms with Crippen LogP contribution in [0.4, 0.5) is 5.82 Å². The predicted octanol–water partition coefficient (Wildman–Crippen LogP) is 3.73. The zero-order valence-corrected chi connectivity index (χ0v) is 11.4. The van der Waals surface area contributed by atoms with Gasteiger partial charge in [-0.2, -0.15) is 0 Å². The van der Waals surface area contributed by atoms with E-state index in [0.29, 0.717) is 5.92 Å². The van der Waals surface area contributed by atoms with Crippen LogP contribution < -0.4 is 5.32 Å². The quantitative estimate of drug-likeness (QED) is 0.882. The van der Waals surface area contributed by atoms with Gasteiger partial charge in [0.1, 0.15) is 11.6 Å². The fraction of sp³-hybridized carbons (Fsp3) is 0.250. The van der Waals surface area contributed by atoms with Gasteiger partial charge in [0.25, 0.3) is 0 Å². The first-order valence-electron chi connectivity index (χ1n) is 6.54. The van der Waals surface area contributed by atoms with E-state index in [2.05, 4.69) is 53.4 Å². The van der Waals surface area contributed by atoms with Crippen molar-refractivity contribution in [2.75, 3.05) is 11.9 Å². The average Bonchev–Trinajstić information content (AvgIpc) is 2.45. The zero-order chi connectivity index (χ0) is 13.5. The second-order valence-corrected chi connectivity index (χ2v) is 4.65. The number of benzene rings is 1. The number of aromatic nitrogens is 2. The molecule has 0 aliphatic carbocycles. The molecule has 2 aromatic rings. The van der Waals surface area contributed by atoms with E-state index in [9.17, 15) is 0 Å². The van der Waals surface area contributed by atoms with E-state index < -0.39 is 0 Å². The first-order chi connectivity index (χ1) is 9.25. The molecule has 0 unspecified atom stereocenters. The monoisotopic (exact) mass is 253 g/mol. The van der Waals surface area contributed by atoms with E-state index in [-0.39, 0.29) is 0 Å². The molecule has 3 nitrogen and oxygen atoms in total. The number of rotatable bonds is 5. The molecule has 0 saturated heterocycles. The van der Waals surface area contributed by atoms with Gasteiger partial charge in [0.2, 0.25) is 0 Å². The van der Waals surface area contributed by atoms with Gasteiger partial charge in [-0.3, -0.25) is 0 Å². The van der Waals surface area contributed by atoms with Crippen molar-refractivity contribution in [3.63, 3.8) is 0 Å². The Labute approximate surface area is 114 Å². The standard InChI is InChI=1S/C16H19N3/c1-13(2)16-18-12-10-15(19-16)17-11-6-9-14-7-4-3-5-8-14/h3-10,12-13H,11H2,1-2H3,(H,17,18,19)/b9-6+. The van der Waals surface area contributed by atoms with Gasteiger partial charge in [0, 0.05) is 18.7 Å². The van der Waals surface area contributed by atoms with Crippen molar-refractivity contribution in [1.29, 1.82) is 0 Å². The predicted molar refractivity (Wildman–Crippen MR) is 80.1 cm³/mol. The van der Waals surface area contributed by atoms with Crippen molar-refractivity contribution in [3.8, 4) is 0 Å². The third kappa shape index (κ3) is 4.21. The van der Waals surface area contributed by atoms with Gasteiger partial charge in [0.05, 0.1) is 0 Å². The van der Waals surface area contributed by atoms with Gasteiger partial charge in [-0.05, 0) is 11.6 Å². The molecule has 0 spiro atoms. The molecule has 0 saturated carbocycles. The van der Waals surface area contributed by atoms with Gasteiger partial charge >= 0.3 is 0 Å².